The van der Waals surface area contributed by atoms with E-state index in [-0.39, 0.29) is 0 Å². The summed E-state index contributed by atoms with van der Waals surface area (Å²) in [7, 11) is 0. The van der Waals surface area contributed by atoms with Gasteiger partial charge in [-0.3, -0.25) is 0 Å². The van der Waals surface area contributed by atoms with Crippen molar-refractivity contribution >= 4 is 43.5 Å². The maximum Gasteiger partial charge on any atom is 0.164 e. The molecule has 8 aromatic carbocycles. The predicted molar refractivity (Wildman–Crippen MR) is 209 cm³/mol. The quantitative estimate of drug-likeness (QED) is 0.186. The summed E-state index contributed by atoms with van der Waals surface area (Å²) in [4.78, 5) is 15.7. The van der Waals surface area contributed by atoms with Crippen LogP contribution in [0, 0.1) is 0 Å². The van der Waals surface area contributed by atoms with E-state index >= 15 is 0 Å². The van der Waals surface area contributed by atoms with Crippen molar-refractivity contribution in [3.05, 3.63) is 176 Å². The molecule has 2 aromatic heterocycles. The first-order valence-corrected chi connectivity index (χ1v) is 17.1. The molecule has 0 radical (unpaired) electrons. The molecule has 0 saturated heterocycles. The van der Waals surface area contributed by atoms with Crippen LogP contribution in [0.3, 0.4) is 0 Å². The predicted octanol–water partition coefficient (Wildman–Crippen LogP) is 12.4. The number of nitrogens with zero attached hydrogens (tertiary/aromatic N) is 3. The lowest BCUT2D eigenvalue weighted by Crippen LogP contribution is -2.01. The lowest BCUT2D eigenvalue weighted by molar-refractivity contribution is 0.672. The molecule has 0 aliphatic rings. The summed E-state index contributed by atoms with van der Waals surface area (Å²) in [6.07, 6.45) is 0. The van der Waals surface area contributed by atoms with Gasteiger partial charge in [-0.1, -0.05) is 158 Å². The Labute approximate surface area is 294 Å². The van der Waals surface area contributed by atoms with Crippen molar-refractivity contribution in [2.75, 3.05) is 0 Å². The van der Waals surface area contributed by atoms with Crippen LogP contribution < -0.4 is 0 Å². The van der Waals surface area contributed by atoms with Crippen LogP contribution in [0.1, 0.15) is 0 Å². The molecular weight excluding hydrogens is 623 g/mol. The fourth-order valence-electron chi connectivity index (χ4n) is 7.38. The van der Waals surface area contributed by atoms with E-state index in [1.54, 1.807) is 0 Å². The summed E-state index contributed by atoms with van der Waals surface area (Å²) in [6.45, 7) is 0. The van der Waals surface area contributed by atoms with E-state index in [0.717, 1.165) is 71.3 Å². The normalized spacial score (nSPS) is 11.5. The molecule has 0 fully saturated rings. The minimum Gasteiger partial charge on any atom is -0.455 e. The van der Waals surface area contributed by atoms with Crippen molar-refractivity contribution in [1.29, 1.82) is 0 Å². The highest BCUT2D eigenvalue weighted by Gasteiger charge is 2.22. The number of furan rings is 1. The number of hydrogen-bond acceptors (Lipinski definition) is 4. The number of benzene rings is 8. The van der Waals surface area contributed by atoms with E-state index in [1.165, 1.54) is 11.1 Å². The molecular formula is C47H29N3O. The van der Waals surface area contributed by atoms with Crippen LogP contribution in [0.15, 0.2) is 180 Å². The van der Waals surface area contributed by atoms with E-state index < -0.39 is 0 Å². The van der Waals surface area contributed by atoms with Gasteiger partial charge >= 0.3 is 0 Å². The molecule has 0 aliphatic carbocycles. The first kappa shape index (κ1) is 29.0. The molecule has 0 aliphatic heterocycles. The molecule has 2 heterocycles. The summed E-state index contributed by atoms with van der Waals surface area (Å²) < 4.78 is 6.69. The summed E-state index contributed by atoms with van der Waals surface area (Å²) in [5.41, 5.74) is 9.01. The van der Waals surface area contributed by atoms with Gasteiger partial charge in [0.2, 0.25) is 0 Å². The van der Waals surface area contributed by atoms with Gasteiger partial charge in [0.15, 0.2) is 17.5 Å². The van der Waals surface area contributed by atoms with Gasteiger partial charge in [-0.15, -0.1) is 0 Å². The van der Waals surface area contributed by atoms with E-state index in [2.05, 4.69) is 133 Å². The number of rotatable bonds is 5. The molecule has 0 amide bonds. The smallest absolute Gasteiger partial charge is 0.164 e. The van der Waals surface area contributed by atoms with Gasteiger partial charge in [0.25, 0.3) is 0 Å². The van der Waals surface area contributed by atoms with Crippen LogP contribution >= 0.6 is 0 Å². The topological polar surface area (TPSA) is 51.8 Å². The minimum atomic E-state index is 0.594. The van der Waals surface area contributed by atoms with E-state index in [0.29, 0.717) is 17.5 Å². The number of fused-ring (bicyclic) bond motifs is 6. The van der Waals surface area contributed by atoms with Crippen molar-refractivity contribution in [3.8, 4) is 56.4 Å². The van der Waals surface area contributed by atoms with Gasteiger partial charge in [-0.2, -0.15) is 0 Å². The Hall–Kier alpha value is -6.91. The molecule has 0 bridgehead atoms. The molecule has 0 saturated carbocycles. The fourth-order valence-corrected chi connectivity index (χ4v) is 7.38. The molecule has 0 N–H and O–H groups in total. The molecule has 4 heteroatoms. The number of hydrogen-bond donors (Lipinski definition) is 0. The van der Waals surface area contributed by atoms with E-state index in [4.69, 9.17) is 19.4 Å². The lowest BCUT2D eigenvalue weighted by atomic mass is 9.93. The van der Waals surface area contributed by atoms with Crippen LogP contribution in [0.5, 0.6) is 0 Å². The van der Waals surface area contributed by atoms with Crippen molar-refractivity contribution in [3.63, 3.8) is 0 Å². The standard InChI is InChI=1S/C47H29N3O/c1-4-15-30(16-5-1)33-24-14-25-37-40(33)29-41(43-39-23-12-13-26-42(39)51-44(37)43)47-49-45(32-19-8-3-9-20-32)48-46(50-47)38-28-27-34(31-17-6-2-7-18-31)35-21-10-11-22-36(35)38/h1-29H. The average Bonchev–Trinajstić information content (AvgIpc) is 3.61. The first-order chi connectivity index (χ1) is 25.3. The van der Waals surface area contributed by atoms with Crippen LogP contribution in [-0.2, 0) is 0 Å². The maximum absolute atomic E-state index is 6.69. The third kappa shape index (κ3) is 4.88. The van der Waals surface area contributed by atoms with Gasteiger partial charge in [0.05, 0.1) is 0 Å². The molecule has 51 heavy (non-hydrogen) atoms. The van der Waals surface area contributed by atoms with Crippen LogP contribution in [0.2, 0.25) is 0 Å². The Bertz CT molecular complexity index is 2900. The van der Waals surface area contributed by atoms with Gasteiger partial charge in [-0.25, -0.2) is 15.0 Å². The van der Waals surface area contributed by atoms with Crippen molar-refractivity contribution in [1.82, 2.24) is 15.0 Å². The van der Waals surface area contributed by atoms with Crippen LogP contribution in [-0.4, -0.2) is 15.0 Å². The Balaban J connectivity index is 1.30. The molecule has 0 atom stereocenters. The van der Waals surface area contributed by atoms with E-state index in [9.17, 15) is 0 Å². The Kier molecular flexibility index (Phi) is 6.78. The fraction of sp³-hybridized carbons (Fsp3) is 0. The van der Waals surface area contributed by atoms with Crippen LogP contribution in [0.4, 0.5) is 0 Å². The minimum absolute atomic E-state index is 0.594. The largest absolute Gasteiger partial charge is 0.455 e. The van der Waals surface area contributed by atoms with Crippen molar-refractivity contribution in [2.24, 2.45) is 0 Å². The number of para-hydroxylation sites is 1. The summed E-state index contributed by atoms with van der Waals surface area (Å²) in [6, 6.07) is 60.9. The zero-order valence-electron chi connectivity index (χ0n) is 27.5. The molecule has 0 spiro atoms. The zero-order valence-corrected chi connectivity index (χ0v) is 27.5. The molecule has 238 valence electrons. The summed E-state index contributed by atoms with van der Waals surface area (Å²) >= 11 is 0. The maximum atomic E-state index is 6.69. The Morgan fingerprint density at radius 3 is 1.49 bits per heavy atom. The average molecular weight is 652 g/mol. The first-order valence-electron chi connectivity index (χ1n) is 17.1. The lowest BCUT2D eigenvalue weighted by Gasteiger charge is -2.14. The third-order valence-corrected chi connectivity index (χ3v) is 9.75. The highest BCUT2D eigenvalue weighted by atomic mass is 16.3. The SMILES string of the molecule is c1ccc(-c2nc(-c3ccc(-c4ccccc4)c4ccccc34)nc(-c3cc4c(-c5ccccc5)cccc4c4oc5ccccc5c34)n2)cc1. The Morgan fingerprint density at radius 2 is 0.804 bits per heavy atom. The molecule has 10 aromatic rings. The second-order valence-corrected chi connectivity index (χ2v) is 12.7. The monoisotopic (exact) mass is 651 g/mol. The second kappa shape index (κ2) is 11.9. The van der Waals surface area contributed by atoms with Crippen molar-refractivity contribution in [2.45, 2.75) is 0 Å². The summed E-state index contributed by atoms with van der Waals surface area (Å²) in [5.74, 6) is 1.83. The van der Waals surface area contributed by atoms with Gasteiger partial charge in [-0.05, 0) is 56.6 Å². The van der Waals surface area contributed by atoms with E-state index in [1.807, 2.05) is 42.5 Å². The van der Waals surface area contributed by atoms with Gasteiger partial charge in [0.1, 0.15) is 11.2 Å². The van der Waals surface area contributed by atoms with Crippen LogP contribution in [0.25, 0.3) is 99.9 Å². The highest BCUT2D eigenvalue weighted by Crippen LogP contribution is 2.44. The van der Waals surface area contributed by atoms with Crippen molar-refractivity contribution < 1.29 is 4.42 Å². The second-order valence-electron chi connectivity index (χ2n) is 12.7. The van der Waals surface area contributed by atoms with Gasteiger partial charge in [0, 0.05) is 32.8 Å². The summed E-state index contributed by atoms with van der Waals surface area (Å²) in [5, 5.41) is 6.36. The molecule has 10 rings (SSSR count). The highest BCUT2D eigenvalue weighted by molar-refractivity contribution is 6.22. The van der Waals surface area contributed by atoms with Gasteiger partial charge < -0.3 is 4.42 Å². The molecule has 0 unspecified atom stereocenters. The third-order valence-electron chi connectivity index (χ3n) is 9.75. The Morgan fingerprint density at radius 1 is 0.314 bits per heavy atom. The molecule has 4 nitrogen and oxygen atoms in total. The number of aromatic nitrogens is 3. The zero-order chi connectivity index (χ0) is 33.7.